The summed E-state index contributed by atoms with van der Waals surface area (Å²) in [6, 6.07) is 20.3. The molecule has 0 saturated carbocycles. The molecule has 0 aliphatic carbocycles. The molecular weight excluding hydrogens is 448 g/mol. The summed E-state index contributed by atoms with van der Waals surface area (Å²) in [5.74, 6) is 2.22. The summed E-state index contributed by atoms with van der Waals surface area (Å²) in [5, 5.41) is 6.04. The number of methoxy groups -OCH3 is 4. The molecule has 35 heavy (non-hydrogen) atoms. The lowest BCUT2D eigenvalue weighted by Gasteiger charge is -2.23. The second-order valence-corrected chi connectivity index (χ2v) is 7.84. The van der Waals surface area contributed by atoms with E-state index in [1.807, 2.05) is 66.7 Å². The third-order valence-corrected chi connectivity index (χ3v) is 5.80. The first kappa shape index (κ1) is 23.9. The van der Waals surface area contributed by atoms with Crippen molar-refractivity contribution in [2.24, 2.45) is 5.10 Å². The molecule has 1 heterocycles. The van der Waals surface area contributed by atoms with Crippen LogP contribution in [-0.2, 0) is 11.3 Å². The van der Waals surface area contributed by atoms with Gasteiger partial charge in [0.1, 0.15) is 12.4 Å². The van der Waals surface area contributed by atoms with E-state index >= 15 is 0 Å². The fourth-order valence-electron chi connectivity index (χ4n) is 3.98. The second-order valence-electron chi connectivity index (χ2n) is 7.84. The predicted octanol–water partition coefficient (Wildman–Crippen LogP) is 5.21. The van der Waals surface area contributed by atoms with Crippen LogP contribution in [0.15, 0.2) is 71.8 Å². The van der Waals surface area contributed by atoms with Gasteiger partial charge in [0.25, 0.3) is 0 Å². The van der Waals surface area contributed by atoms with Crippen LogP contribution in [0.5, 0.6) is 23.0 Å². The Bertz CT molecular complexity index is 1170. The highest BCUT2D eigenvalue weighted by Gasteiger charge is 2.35. The molecule has 182 valence electrons. The SMILES string of the molecule is COc1ccc(C2=NN(C(=O)OCc3ccccc3)C(c3cc(OC)c(OC)c(OC)c3)C2)cc1. The van der Waals surface area contributed by atoms with Crippen molar-refractivity contribution in [3.05, 3.63) is 83.4 Å². The van der Waals surface area contributed by atoms with Gasteiger partial charge in [-0.05, 0) is 53.1 Å². The summed E-state index contributed by atoms with van der Waals surface area (Å²) in [4.78, 5) is 13.2. The molecular formula is C27H28N2O6. The largest absolute Gasteiger partial charge is 0.497 e. The number of ether oxygens (including phenoxy) is 5. The summed E-state index contributed by atoms with van der Waals surface area (Å²) < 4.78 is 27.4. The van der Waals surface area contributed by atoms with E-state index in [1.54, 1.807) is 28.4 Å². The van der Waals surface area contributed by atoms with Crippen LogP contribution in [0, 0.1) is 0 Å². The van der Waals surface area contributed by atoms with Gasteiger partial charge in [-0.1, -0.05) is 30.3 Å². The fraction of sp³-hybridized carbons (Fsp3) is 0.259. The highest BCUT2D eigenvalue weighted by Crippen LogP contribution is 2.43. The number of amides is 1. The topological polar surface area (TPSA) is 78.8 Å². The van der Waals surface area contributed by atoms with Crippen LogP contribution in [0.1, 0.15) is 29.2 Å². The maximum atomic E-state index is 13.2. The molecule has 1 aliphatic heterocycles. The molecule has 0 N–H and O–H groups in total. The summed E-state index contributed by atoms with van der Waals surface area (Å²) in [6.45, 7) is 0.144. The number of carbonyl (C=O) groups excluding carboxylic acids is 1. The molecule has 1 aliphatic rings. The van der Waals surface area contributed by atoms with Gasteiger partial charge in [-0.2, -0.15) is 10.1 Å². The number of hydrazone groups is 1. The van der Waals surface area contributed by atoms with Gasteiger partial charge in [-0.15, -0.1) is 0 Å². The Morgan fingerprint density at radius 2 is 1.54 bits per heavy atom. The molecule has 8 heteroatoms. The van der Waals surface area contributed by atoms with Gasteiger partial charge >= 0.3 is 6.09 Å². The average molecular weight is 477 g/mol. The molecule has 1 unspecified atom stereocenters. The number of benzene rings is 3. The van der Waals surface area contributed by atoms with Gasteiger partial charge in [0.2, 0.25) is 5.75 Å². The number of rotatable bonds is 8. The maximum absolute atomic E-state index is 13.2. The quantitative estimate of drug-likeness (QED) is 0.444. The number of hydrogen-bond acceptors (Lipinski definition) is 7. The molecule has 1 amide bonds. The summed E-state index contributed by atoms with van der Waals surface area (Å²) in [5.41, 5.74) is 3.32. The molecule has 0 aromatic heterocycles. The molecule has 0 fully saturated rings. The first-order chi connectivity index (χ1) is 17.1. The van der Waals surface area contributed by atoms with E-state index in [2.05, 4.69) is 5.10 Å². The highest BCUT2D eigenvalue weighted by molar-refractivity contribution is 6.03. The van der Waals surface area contributed by atoms with Crippen molar-refractivity contribution >= 4 is 11.8 Å². The van der Waals surface area contributed by atoms with Crippen molar-refractivity contribution in [3.8, 4) is 23.0 Å². The van der Waals surface area contributed by atoms with Crippen LogP contribution < -0.4 is 18.9 Å². The lowest BCUT2D eigenvalue weighted by atomic mass is 9.97. The van der Waals surface area contributed by atoms with Gasteiger partial charge in [-0.3, -0.25) is 0 Å². The van der Waals surface area contributed by atoms with Crippen LogP contribution in [0.2, 0.25) is 0 Å². The molecule has 4 rings (SSSR count). The van der Waals surface area contributed by atoms with E-state index in [0.717, 1.165) is 28.2 Å². The van der Waals surface area contributed by atoms with Crippen molar-refractivity contribution in [2.45, 2.75) is 19.1 Å². The van der Waals surface area contributed by atoms with E-state index in [0.29, 0.717) is 23.7 Å². The molecule has 1 atom stereocenters. The monoisotopic (exact) mass is 476 g/mol. The van der Waals surface area contributed by atoms with E-state index in [4.69, 9.17) is 23.7 Å². The van der Waals surface area contributed by atoms with Gasteiger partial charge in [-0.25, -0.2) is 4.79 Å². The molecule has 0 bridgehead atoms. The first-order valence-corrected chi connectivity index (χ1v) is 11.1. The standard InChI is InChI=1S/C27H28N2O6/c1-31-21-12-10-19(11-13-21)22-16-23(20-14-24(32-2)26(34-4)25(15-20)33-3)29(28-22)27(30)35-17-18-8-6-5-7-9-18/h5-15,23H,16-17H2,1-4H3. The number of nitrogens with zero attached hydrogens (tertiary/aromatic N) is 2. The predicted molar refractivity (Wildman–Crippen MR) is 131 cm³/mol. The zero-order chi connectivity index (χ0) is 24.8. The van der Waals surface area contributed by atoms with Gasteiger partial charge in [0.15, 0.2) is 11.5 Å². The molecule has 0 spiro atoms. The van der Waals surface area contributed by atoms with Crippen molar-refractivity contribution in [2.75, 3.05) is 28.4 Å². The van der Waals surface area contributed by atoms with Crippen molar-refractivity contribution in [1.29, 1.82) is 0 Å². The van der Waals surface area contributed by atoms with E-state index < -0.39 is 12.1 Å². The molecule has 0 saturated heterocycles. The Morgan fingerprint density at radius 1 is 0.886 bits per heavy atom. The number of carbonyl (C=O) groups is 1. The van der Waals surface area contributed by atoms with E-state index in [1.165, 1.54) is 5.01 Å². The highest BCUT2D eigenvalue weighted by atomic mass is 16.6. The van der Waals surface area contributed by atoms with Crippen LogP contribution in [0.25, 0.3) is 0 Å². The minimum atomic E-state index is -0.545. The molecule has 3 aromatic carbocycles. The van der Waals surface area contributed by atoms with Crippen molar-refractivity contribution < 1.29 is 28.5 Å². The number of hydrogen-bond donors (Lipinski definition) is 0. The van der Waals surface area contributed by atoms with E-state index in [-0.39, 0.29) is 6.61 Å². The lowest BCUT2D eigenvalue weighted by molar-refractivity contribution is 0.0870. The van der Waals surface area contributed by atoms with Crippen LogP contribution >= 0.6 is 0 Å². The van der Waals surface area contributed by atoms with Crippen LogP contribution in [-0.4, -0.2) is 45.3 Å². The Morgan fingerprint density at radius 3 is 2.11 bits per heavy atom. The Labute approximate surface area is 204 Å². The zero-order valence-electron chi connectivity index (χ0n) is 20.2. The summed E-state index contributed by atoms with van der Waals surface area (Å²) in [7, 11) is 6.28. The Balaban J connectivity index is 1.67. The normalized spacial score (nSPS) is 14.8. The maximum Gasteiger partial charge on any atom is 0.431 e. The third-order valence-electron chi connectivity index (χ3n) is 5.80. The lowest BCUT2D eigenvalue weighted by Crippen LogP contribution is -2.27. The first-order valence-electron chi connectivity index (χ1n) is 11.1. The fourth-order valence-corrected chi connectivity index (χ4v) is 3.98. The van der Waals surface area contributed by atoms with Crippen LogP contribution in [0.4, 0.5) is 4.79 Å². The molecule has 3 aromatic rings. The van der Waals surface area contributed by atoms with E-state index in [9.17, 15) is 4.79 Å². The molecule has 0 radical (unpaired) electrons. The van der Waals surface area contributed by atoms with Gasteiger partial charge < -0.3 is 23.7 Å². The van der Waals surface area contributed by atoms with Gasteiger partial charge in [0.05, 0.1) is 40.2 Å². The van der Waals surface area contributed by atoms with Crippen molar-refractivity contribution in [3.63, 3.8) is 0 Å². The summed E-state index contributed by atoms with van der Waals surface area (Å²) >= 11 is 0. The Kier molecular flexibility index (Phi) is 7.40. The zero-order valence-corrected chi connectivity index (χ0v) is 20.2. The molecule has 8 nitrogen and oxygen atoms in total. The average Bonchev–Trinajstić information content (AvgIpc) is 3.37. The second kappa shape index (κ2) is 10.8. The minimum Gasteiger partial charge on any atom is -0.497 e. The van der Waals surface area contributed by atoms with Crippen LogP contribution in [0.3, 0.4) is 0 Å². The Hall–Kier alpha value is -4.20. The van der Waals surface area contributed by atoms with Gasteiger partial charge in [0, 0.05) is 6.42 Å². The van der Waals surface area contributed by atoms with Crippen molar-refractivity contribution in [1.82, 2.24) is 5.01 Å². The smallest absolute Gasteiger partial charge is 0.431 e. The minimum absolute atomic E-state index is 0.144. The summed E-state index contributed by atoms with van der Waals surface area (Å²) in [6.07, 6.45) is -0.0677. The third kappa shape index (κ3) is 5.16.